The Balaban J connectivity index is 2.31. The summed E-state index contributed by atoms with van der Waals surface area (Å²) >= 11 is 4.91. The number of halogens is 8. The highest BCUT2D eigenvalue weighted by Crippen LogP contribution is 2.65. The summed E-state index contributed by atoms with van der Waals surface area (Å²) in [5, 5.41) is -4.45. The second kappa shape index (κ2) is 4.49. The lowest BCUT2D eigenvalue weighted by Gasteiger charge is -2.52. The largest absolute Gasteiger partial charge is 0.290 e. The van der Waals surface area contributed by atoms with Crippen molar-refractivity contribution >= 4 is 17.4 Å². The summed E-state index contributed by atoms with van der Waals surface area (Å²) in [5.41, 5.74) is -9.25. The Morgan fingerprint density at radius 2 is 1.48 bits per heavy atom. The molecule has 5 atom stereocenters. The number of rotatable bonds is 1. The van der Waals surface area contributed by atoms with Gasteiger partial charge < -0.3 is 0 Å². The van der Waals surface area contributed by atoms with E-state index in [1.807, 2.05) is 0 Å². The molecule has 4 rings (SSSR count). The van der Waals surface area contributed by atoms with Gasteiger partial charge in [0.05, 0.1) is 5.92 Å². The van der Waals surface area contributed by atoms with E-state index in [1.165, 1.54) is 0 Å². The van der Waals surface area contributed by atoms with Crippen LogP contribution in [0.2, 0.25) is 0 Å². The van der Waals surface area contributed by atoms with Crippen molar-refractivity contribution < 1.29 is 35.5 Å². The van der Waals surface area contributed by atoms with Crippen LogP contribution in [0.4, 0.5) is 30.7 Å². The van der Waals surface area contributed by atoms with Crippen molar-refractivity contribution in [3.63, 3.8) is 0 Å². The monoisotopic (exact) mass is 358 g/mol. The van der Waals surface area contributed by atoms with E-state index in [9.17, 15) is 35.5 Å². The molecule has 3 aliphatic carbocycles. The van der Waals surface area contributed by atoms with E-state index in [-0.39, 0.29) is 0 Å². The average molecular weight is 359 g/mol. The third kappa shape index (κ3) is 1.62. The number of carbonyl (C=O) groups is 1. The molecule has 1 aromatic rings. The van der Waals surface area contributed by atoms with E-state index in [2.05, 4.69) is 0 Å². The summed E-state index contributed by atoms with van der Waals surface area (Å²) in [6.45, 7) is 0. The van der Waals surface area contributed by atoms with Crippen LogP contribution in [0, 0.1) is 5.82 Å². The van der Waals surface area contributed by atoms with Crippen LogP contribution in [0.25, 0.3) is 0 Å². The van der Waals surface area contributed by atoms with Crippen LogP contribution in [0.1, 0.15) is 11.5 Å². The molecule has 1 saturated carbocycles. The van der Waals surface area contributed by atoms with Gasteiger partial charge in [0.2, 0.25) is 11.5 Å². The van der Waals surface area contributed by atoms with Crippen LogP contribution in [-0.2, 0) is 4.79 Å². The number of carbonyl (C=O) groups excluding carboxylic acids is 1. The number of allylic oxidation sites excluding steroid dienone is 2. The molecule has 1 nitrogen and oxygen atoms in total. The lowest BCUT2D eigenvalue weighted by molar-refractivity contribution is -0.174. The van der Waals surface area contributed by atoms with Gasteiger partial charge in [-0.2, -0.15) is 0 Å². The maximum Gasteiger partial charge on any atom is 0.288 e. The summed E-state index contributed by atoms with van der Waals surface area (Å²) in [5.74, 6) is -11.2. The molecule has 2 bridgehead atoms. The average Bonchev–Trinajstić information content (AvgIpc) is 2.50. The molecule has 124 valence electrons. The molecule has 0 spiro atoms. The molecule has 9 heteroatoms. The van der Waals surface area contributed by atoms with E-state index < -0.39 is 57.4 Å². The van der Waals surface area contributed by atoms with Gasteiger partial charge in [0.1, 0.15) is 5.82 Å². The van der Waals surface area contributed by atoms with E-state index in [4.69, 9.17) is 11.6 Å². The molecule has 23 heavy (non-hydrogen) atoms. The summed E-state index contributed by atoms with van der Waals surface area (Å²) < 4.78 is 98.4. The Bertz CT molecular complexity index is 731. The van der Waals surface area contributed by atoms with Gasteiger partial charge in [-0.05, 0) is 17.7 Å². The van der Waals surface area contributed by atoms with Gasteiger partial charge in [-0.15, -0.1) is 0 Å². The van der Waals surface area contributed by atoms with Crippen molar-refractivity contribution in [2.24, 2.45) is 0 Å². The minimum Gasteiger partial charge on any atom is -0.290 e. The highest BCUT2D eigenvalue weighted by molar-refractivity contribution is 6.37. The molecule has 0 heterocycles. The first kappa shape index (κ1) is 16.3. The van der Waals surface area contributed by atoms with Crippen LogP contribution in [0.15, 0.2) is 35.9 Å². The second-order valence-electron chi connectivity index (χ2n) is 5.39. The highest BCUT2D eigenvalue weighted by Gasteiger charge is 2.84. The lowest BCUT2D eigenvalue weighted by Crippen LogP contribution is -2.74. The van der Waals surface area contributed by atoms with Crippen LogP contribution in [-0.4, -0.2) is 28.4 Å². The molecule has 0 aliphatic heterocycles. The van der Waals surface area contributed by atoms with Crippen molar-refractivity contribution in [1.82, 2.24) is 0 Å². The van der Waals surface area contributed by atoms with Gasteiger partial charge in [0.25, 0.3) is 10.8 Å². The Hall–Kier alpha value is -1.57. The van der Waals surface area contributed by atoms with Gasteiger partial charge in [-0.3, -0.25) is 4.79 Å². The first-order valence-corrected chi connectivity index (χ1v) is 6.64. The first-order chi connectivity index (χ1) is 10.5. The number of fused-ring (bicyclic) bond motifs is 2. The zero-order valence-electron chi connectivity index (χ0n) is 10.9. The summed E-state index contributed by atoms with van der Waals surface area (Å²) in [6.07, 6.45) is -3.35. The number of Topliss-reactive ketones (excluding diaryl/α,β-unsaturated/α-hetero) is 1. The quantitative estimate of drug-likeness (QED) is 0.540. The fraction of sp³-hybridized carbons (Fsp3) is 0.357. The maximum atomic E-state index is 14.9. The summed E-state index contributed by atoms with van der Waals surface area (Å²) in [6, 6.07) is 2.93. The SMILES string of the molecule is O=C1[C@@]2(F)C(F)=C(F)[C@](F)([C@@H](F)[C@@H]2c2ccc(F)cc2)[C@@]1(F)Cl. The Morgan fingerprint density at radius 1 is 0.957 bits per heavy atom. The second-order valence-corrected chi connectivity index (χ2v) is 5.91. The van der Waals surface area contributed by atoms with Crippen molar-refractivity contribution in [3.8, 4) is 0 Å². The van der Waals surface area contributed by atoms with E-state index >= 15 is 0 Å². The van der Waals surface area contributed by atoms with Gasteiger partial charge in [-0.1, -0.05) is 23.7 Å². The Morgan fingerprint density at radius 3 is 2.00 bits per heavy atom. The van der Waals surface area contributed by atoms with Crippen molar-refractivity contribution in [1.29, 1.82) is 0 Å². The summed E-state index contributed by atoms with van der Waals surface area (Å²) in [4.78, 5) is 11.8. The molecule has 0 N–H and O–H groups in total. The standard InChI is InChI=1S/C14H6ClF7O/c15-14(22)11(23)12(20)7(5-1-3-6(16)4-2-5)8(17)13(14,21)10(19)9(12)18/h1-4,7-8H/t7-,8-,12-,13+,14+/m0/s1. The third-order valence-electron chi connectivity index (χ3n) is 4.23. The zero-order valence-corrected chi connectivity index (χ0v) is 11.7. The predicted octanol–water partition coefficient (Wildman–Crippen LogP) is 4.32. The van der Waals surface area contributed by atoms with Crippen LogP contribution >= 0.6 is 11.6 Å². The number of benzene rings is 1. The minimum absolute atomic E-state index is 0.549. The first-order valence-electron chi connectivity index (χ1n) is 6.27. The van der Waals surface area contributed by atoms with Crippen LogP contribution in [0.5, 0.6) is 0 Å². The Kier molecular flexibility index (Phi) is 3.18. The zero-order chi connectivity index (χ0) is 17.4. The predicted molar refractivity (Wildman–Crippen MR) is 65.7 cm³/mol. The lowest BCUT2D eigenvalue weighted by atomic mass is 9.59. The fourth-order valence-corrected chi connectivity index (χ4v) is 3.35. The van der Waals surface area contributed by atoms with Crippen molar-refractivity contribution in [2.75, 3.05) is 0 Å². The molecular formula is C14H6ClF7O. The van der Waals surface area contributed by atoms with Crippen molar-refractivity contribution in [3.05, 3.63) is 47.3 Å². The molecule has 0 radical (unpaired) electrons. The number of alkyl halides is 5. The molecule has 3 aliphatic rings. The van der Waals surface area contributed by atoms with Gasteiger partial charge in [-0.25, -0.2) is 30.7 Å². The van der Waals surface area contributed by atoms with Gasteiger partial charge >= 0.3 is 0 Å². The molecule has 1 aromatic carbocycles. The van der Waals surface area contributed by atoms with Gasteiger partial charge in [0, 0.05) is 0 Å². The van der Waals surface area contributed by atoms with E-state index in [0.717, 1.165) is 12.1 Å². The van der Waals surface area contributed by atoms with Gasteiger partial charge in [0.15, 0.2) is 17.8 Å². The van der Waals surface area contributed by atoms with E-state index in [0.29, 0.717) is 12.1 Å². The van der Waals surface area contributed by atoms with Crippen LogP contribution in [0.3, 0.4) is 0 Å². The normalized spacial score (nSPS) is 43.2. The Labute approximate surface area is 129 Å². The number of hydrogen-bond acceptors (Lipinski definition) is 1. The third-order valence-corrected chi connectivity index (χ3v) is 4.68. The molecule has 0 unspecified atom stereocenters. The maximum absolute atomic E-state index is 14.9. The number of hydrogen-bond donors (Lipinski definition) is 0. The fourth-order valence-electron chi connectivity index (χ4n) is 3.02. The van der Waals surface area contributed by atoms with Crippen molar-refractivity contribution in [2.45, 2.75) is 28.6 Å². The minimum atomic E-state index is -4.53. The number of ketones is 1. The summed E-state index contributed by atoms with van der Waals surface area (Å²) in [7, 11) is 0. The smallest absolute Gasteiger partial charge is 0.288 e. The van der Waals surface area contributed by atoms with Crippen LogP contribution < -0.4 is 0 Å². The van der Waals surface area contributed by atoms with E-state index in [1.54, 1.807) is 0 Å². The molecule has 1 fully saturated rings. The molecule has 0 amide bonds. The topological polar surface area (TPSA) is 17.1 Å². The molecular weight excluding hydrogens is 353 g/mol. The molecule has 0 aromatic heterocycles. The highest BCUT2D eigenvalue weighted by atomic mass is 35.5. The molecule has 0 saturated heterocycles.